The quantitative estimate of drug-likeness (QED) is 0.755. The molecule has 0 aromatic carbocycles. The zero-order valence-corrected chi connectivity index (χ0v) is 11.4. The predicted molar refractivity (Wildman–Crippen MR) is 69.7 cm³/mol. The summed E-state index contributed by atoms with van der Waals surface area (Å²) in [6.07, 6.45) is 4.99. The summed E-state index contributed by atoms with van der Waals surface area (Å²) in [5.41, 5.74) is 0.705. The first-order valence-corrected chi connectivity index (χ1v) is 6.42. The van der Waals surface area contributed by atoms with Crippen molar-refractivity contribution in [1.29, 1.82) is 0 Å². The molecule has 100 valence electrons. The number of carbonyl (C=O) groups is 1. The highest BCUT2D eigenvalue weighted by Gasteiger charge is 2.47. The Kier molecular flexibility index (Phi) is 3.32. The van der Waals surface area contributed by atoms with Crippen molar-refractivity contribution in [2.75, 3.05) is 0 Å². The number of hydrogen-bond donors (Lipinski definition) is 2. The maximum Gasteiger partial charge on any atom is 0.237 e. The fourth-order valence-corrected chi connectivity index (χ4v) is 2.66. The van der Waals surface area contributed by atoms with E-state index in [0.29, 0.717) is 5.57 Å². The third-order valence-electron chi connectivity index (χ3n) is 3.94. The van der Waals surface area contributed by atoms with Crippen LogP contribution in [0.1, 0.15) is 34.1 Å². The van der Waals surface area contributed by atoms with E-state index in [-0.39, 0.29) is 29.2 Å². The van der Waals surface area contributed by atoms with Gasteiger partial charge in [0.2, 0.25) is 5.91 Å². The lowest BCUT2D eigenvalue weighted by molar-refractivity contribution is -0.123. The Bertz CT molecular complexity index is 426. The molecule has 0 saturated carbocycles. The number of carbonyl (C=O) groups excluding carboxylic acids is 1. The van der Waals surface area contributed by atoms with E-state index in [0.717, 1.165) is 6.42 Å². The lowest BCUT2D eigenvalue weighted by atomic mass is 9.73. The molecule has 4 atom stereocenters. The molecule has 0 spiro atoms. The highest BCUT2D eigenvalue weighted by Crippen LogP contribution is 2.42. The highest BCUT2D eigenvalue weighted by atomic mass is 19.1. The zero-order valence-electron chi connectivity index (χ0n) is 11.4. The average Bonchev–Trinajstić information content (AvgIpc) is 2.52. The van der Waals surface area contributed by atoms with E-state index < -0.39 is 6.04 Å². The predicted octanol–water partition coefficient (Wildman–Crippen LogP) is 2.06. The number of nitrogens with one attached hydrogen (secondary N) is 2. The Morgan fingerprint density at radius 1 is 1.56 bits per heavy atom. The lowest BCUT2D eigenvalue weighted by Crippen LogP contribution is -2.46. The monoisotopic (exact) mass is 252 g/mol. The summed E-state index contributed by atoms with van der Waals surface area (Å²) >= 11 is 0. The first kappa shape index (κ1) is 13.3. The number of fused-ring (bicyclic) bond motifs is 1. The highest BCUT2D eigenvalue weighted by molar-refractivity contribution is 5.83. The first-order chi connectivity index (χ1) is 8.33. The molecule has 1 amide bonds. The topological polar surface area (TPSA) is 41.1 Å². The normalized spacial score (nSPS) is 34.5. The van der Waals surface area contributed by atoms with Gasteiger partial charge >= 0.3 is 0 Å². The number of hydrogen-bond acceptors (Lipinski definition) is 2. The van der Waals surface area contributed by atoms with Gasteiger partial charge in [0.25, 0.3) is 0 Å². The van der Waals surface area contributed by atoms with Crippen molar-refractivity contribution in [2.45, 2.75) is 52.2 Å². The van der Waals surface area contributed by atoms with Crippen molar-refractivity contribution < 1.29 is 9.18 Å². The molecule has 1 aliphatic heterocycles. The number of allylic oxidation sites excluding steroid dienone is 1. The molecule has 2 aliphatic rings. The van der Waals surface area contributed by atoms with Gasteiger partial charge in [0, 0.05) is 11.5 Å². The van der Waals surface area contributed by atoms with Crippen LogP contribution in [-0.4, -0.2) is 24.0 Å². The third-order valence-corrected chi connectivity index (χ3v) is 3.94. The molecule has 0 radical (unpaired) electrons. The molecule has 1 saturated heterocycles. The van der Waals surface area contributed by atoms with E-state index in [1.807, 2.05) is 0 Å². The van der Waals surface area contributed by atoms with Crippen molar-refractivity contribution in [3.8, 4) is 0 Å². The van der Waals surface area contributed by atoms with E-state index in [1.165, 1.54) is 0 Å². The summed E-state index contributed by atoms with van der Waals surface area (Å²) in [6, 6.07) is -0.484. The van der Waals surface area contributed by atoms with Gasteiger partial charge in [-0.05, 0) is 32.8 Å². The first-order valence-electron chi connectivity index (χ1n) is 6.42. The molecular formula is C14H21FN2O. The molecule has 0 aromatic heterocycles. The molecule has 4 heteroatoms. The Hall–Kier alpha value is -1.16. The van der Waals surface area contributed by atoms with Crippen LogP contribution in [0.4, 0.5) is 4.39 Å². The third kappa shape index (κ3) is 2.21. The van der Waals surface area contributed by atoms with Crippen molar-refractivity contribution in [3.63, 3.8) is 0 Å². The van der Waals surface area contributed by atoms with Gasteiger partial charge in [-0.2, -0.15) is 0 Å². The standard InChI is InChI=1S/C14H21FN2O/c1-8(2)12(15)9(3)16-13(18)10-7-14(4)6-5-11(14)17-10/h5-6,9-11,17H,7H2,1-4H3,(H,16,18)/t9-,10-,11+,14+/m0/s1. The van der Waals surface area contributed by atoms with Crippen molar-refractivity contribution in [3.05, 3.63) is 23.6 Å². The summed E-state index contributed by atoms with van der Waals surface area (Å²) in [4.78, 5) is 12.1. The minimum atomic E-state index is -0.552. The van der Waals surface area contributed by atoms with E-state index in [4.69, 9.17) is 0 Å². The largest absolute Gasteiger partial charge is 0.346 e. The van der Waals surface area contributed by atoms with E-state index in [9.17, 15) is 9.18 Å². The van der Waals surface area contributed by atoms with Crippen molar-refractivity contribution in [2.24, 2.45) is 5.41 Å². The molecule has 3 nitrogen and oxygen atoms in total. The SMILES string of the molecule is CC(C)=C(F)[C@H](C)NC(=O)[C@@H]1C[C@@]2(C)C=C[C@H]2N1. The fraction of sp³-hybridized carbons (Fsp3) is 0.643. The molecule has 2 rings (SSSR count). The zero-order chi connectivity index (χ0) is 13.5. The van der Waals surface area contributed by atoms with Gasteiger partial charge in [-0.3, -0.25) is 10.1 Å². The second-order valence-electron chi connectivity index (χ2n) is 5.84. The van der Waals surface area contributed by atoms with Crippen LogP contribution in [0.5, 0.6) is 0 Å². The molecule has 0 unspecified atom stereocenters. The van der Waals surface area contributed by atoms with Crippen LogP contribution < -0.4 is 10.6 Å². The number of amides is 1. The van der Waals surface area contributed by atoms with Crippen LogP contribution in [0.25, 0.3) is 0 Å². The summed E-state index contributed by atoms with van der Waals surface area (Å²) in [5, 5.41) is 5.99. The smallest absolute Gasteiger partial charge is 0.237 e. The molecule has 18 heavy (non-hydrogen) atoms. The van der Waals surface area contributed by atoms with Gasteiger partial charge in [0.1, 0.15) is 5.83 Å². The second-order valence-corrected chi connectivity index (χ2v) is 5.84. The Morgan fingerprint density at radius 3 is 2.61 bits per heavy atom. The van der Waals surface area contributed by atoms with Gasteiger partial charge in [-0.25, -0.2) is 4.39 Å². The second kappa shape index (κ2) is 4.50. The van der Waals surface area contributed by atoms with Crippen LogP contribution in [0.15, 0.2) is 23.6 Å². The van der Waals surface area contributed by atoms with Crippen LogP contribution >= 0.6 is 0 Å². The van der Waals surface area contributed by atoms with Gasteiger partial charge < -0.3 is 5.32 Å². The Morgan fingerprint density at radius 2 is 2.22 bits per heavy atom. The Labute approximate surface area is 108 Å². The fourth-order valence-electron chi connectivity index (χ4n) is 2.66. The lowest BCUT2D eigenvalue weighted by Gasteiger charge is -2.33. The minimum absolute atomic E-state index is 0.0975. The summed E-state index contributed by atoms with van der Waals surface area (Å²) in [6.45, 7) is 7.22. The molecule has 0 aromatic rings. The van der Waals surface area contributed by atoms with Crippen LogP contribution in [0, 0.1) is 5.41 Å². The average molecular weight is 252 g/mol. The van der Waals surface area contributed by atoms with Gasteiger partial charge in [0.05, 0.1) is 12.1 Å². The molecule has 1 fully saturated rings. The molecule has 1 heterocycles. The minimum Gasteiger partial charge on any atom is -0.346 e. The van der Waals surface area contributed by atoms with E-state index in [1.54, 1.807) is 20.8 Å². The van der Waals surface area contributed by atoms with Gasteiger partial charge in [-0.15, -0.1) is 0 Å². The summed E-state index contributed by atoms with van der Waals surface area (Å²) in [7, 11) is 0. The maximum absolute atomic E-state index is 13.6. The van der Waals surface area contributed by atoms with Crippen molar-refractivity contribution in [1.82, 2.24) is 10.6 Å². The van der Waals surface area contributed by atoms with E-state index in [2.05, 4.69) is 29.7 Å². The molecule has 2 N–H and O–H groups in total. The molecule has 0 bridgehead atoms. The summed E-state index contributed by atoms with van der Waals surface area (Å²) in [5.74, 6) is -0.370. The molecule has 1 aliphatic carbocycles. The van der Waals surface area contributed by atoms with Crippen LogP contribution in [0.3, 0.4) is 0 Å². The van der Waals surface area contributed by atoms with Crippen LogP contribution in [0.2, 0.25) is 0 Å². The van der Waals surface area contributed by atoms with Crippen molar-refractivity contribution >= 4 is 5.91 Å². The van der Waals surface area contributed by atoms with E-state index >= 15 is 0 Å². The Balaban J connectivity index is 1.93. The number of rotatable bonds is 3. The maximum atomic E-state index is 13.6. The van der Waals surface area contributed by atoms with Gasteiger partial charge in [-0.1, -0.05) is 19.1 Å². The summed E-state index contributed by atoms with van der Waals surface area (Å²) < 4.78 is 13.6. The van der Waals surface area contributed by atoms with Gasteiger partial charge in [0.15, 0.2) is 0 Å². The number of halogens is 1. The van der Waals surface area contributed by atoms with Crippen LogP contribution in [-0.2, 0) is 4.79 Å². The molecular weight excluding hydrogens is 231 g/mol.